The van der Waals surface area contributed by atoms with Crippen molar-refractivity contribution in [1.29, 1.82) is 0 Å². The first-order chi connectivity index (χ1) is 12.6. The summed E-state index contributed by atoms with van der Waals surface area (Å²) in [5.41, 5.74) is 3.55. The van der Waals surface area contributed by atoms with E-state index in [0.29, 0.717) is 25.9 Å². The third-order valence-corrected chi connectivity index (χ3v) is 5.66. The summed E-state index contributed by atoms with van der Waals surface area (Å²) in [7, 11) is 0. The summed E-state index contributed by atoms with van der Waals surface area (Å²) >= 11 is 0. The highest BCUT2D eigenvalue weighted by molar-refractivity contribution is 6.13. The summed E-state index contributed by atoms with van der Waals surface area (Å²) in [5, 5.41) is 3.02. The van der Waals surface area contributed by atoms with Gasteiger partial charge in [-0.15, -0.1) is 0 Å². The summed E-state index contributed by atoms with van der Waals surface area (Å²) < 4.78 is 0. The molecule has 2 aliphatic rings. The Bertz CT molecular complexity index is 855. The number of carbonyl (C=O) groups is 2. The zero-order chi connectivity index (χ0) is 18.1. The molecule has 1 saturated carbocycles. The minimum absolute atomic E-state index is 0.0153. The van der Waals surface area contributed by atoms with Crippen molar-refractivity contribution in [3.63, 3.8) is 0 Å². The highest BCUT2D eigenvalue weighted by atomic mass is 16.2. The van der Waals surface area contributed by atoms with Gasteiger partial charge in [0.2, 0.25) is 11.8 Å². The van der Waals surface area contributed by atoms with E-state index in [9.17, 15) is 9.59 Å². The van der Waals surface area contributed by atoms with Gasteiger partial charge in [0, 0.05) is 18.8 Å². The number of hydrogen-bond donors (Lipinski definition) is 1. The molecular formula is C22H24N2O2. The highest BCUT2D eigenvalue weighted by Gasteiger charge is 2.58. The number of rotatable bonds is 4. The van der Waals surface area contributed by atoms with Crippen LogP contribution in [-0.4, -0.2) is 23.3 Å². The Kier molecular flexibility index (Phi) is 4.27. The molecule has 0 atom stereocenters. The van der Waals surface area contributed by atoms with E-state index < -0.39 is 5.41 Å². The topological polar surface area (TPSA) is 49.4 Å². The fraction of sp³-hybridized carbons (Fsp3) is 0.364. The van der Waals surface area contributed by atoms with Crippen molar-refractivity contribution in [1.82, 2.24) is 4.90 Å². The van der Waals surface area contributed by atoms with Gasteiger partial charge in [-0.3, -0.25) is 9.59 Å². The Morgan fingerprint density at radius 2 is 1.73 bits per heavy atom. The molecule has 26 heavy (non-hydrogen) atoms. The van der Waals surface area contributed by atoms with Gasteiger partial charge in [-0.1, -0.05) is 49.4 Å². The average molecular weight is 348 g/mol. The number of nitrogens with zero attached hydrogens (tertiary/aromatic N) is 1. The largest absolute Gasteiger partial charge is 0.337 e. The van der Waals surface area contributed by atoms with Crippen LogP contribution in [0.1, 0.15) is 36.5 Å². The SMILES string of the molecule is CCc1ccccc1NC(=O)C1(C(=O)N2CCc3ccccc3C2)CC1. The maximum atomic E-state index is 13.1. The van der Waals surface area contributed by atoms with Crippen LogP contribution in [0, 0.1) is 5.41 Å². The van der Waals surface area contributed by atoms with Gasteiger partial charge in [-0.05, 0) is 48.4 Å². The molecule has 0 radical (unpaired) electrons. The lowest BCUT2D eigenvalue weighted by molar-refractivity contribution is -0.143. The second-order valence-electron chi connectivity index (χ2n) is 7.29. The number of nitrogens with one attached hydrogen (secondary N) is 1. The van der Waals surface area contributed by atoms with Crippen LogP contribution in [0.4, 0.5) is 5.69 Å². The lowest BCUT2D eigenvalue weighted by Crippen LogP contribution is -2.45. The van der Waals surface area contributed by atoms with Gasteiger partial charge in [0.1, 0.15) is 5.41 Å². The lowest BCUT2D eigenvalue weighted by atomic mass is 9.96. The number of carbonyl (C=O) groups excluding carboxylic acids is 2. The standard InChI is InChI=1S/C22H24N2O2/c1-2-16-7-5-6-10-19(16)23-20(25)22(12-13-22)21(26)24-14-11-17-8-3-4-9-18(17)15-24/h3-10H,2,11-15H2,1H3,(H,23,25). The molecule has 1 N–H and O–H groups in total. The smallest absolute Gasteiger partial charge is 0.240 e. The second-order valence-corrected chi connectivity index (χ2v) is 7.29. The van der Waals surface area contributed by atoms with Crippen LogP contribution in [0.5, 0.6) is 0 Å². The monoisotopic (exact) mass is 348 g/mol. The van der Waals surface area contributed by atoms with Crippen molar-refractivity contribution in [3.8, 4) is 0 Å². The molecule has 134 valence electrons. The Morgan fingerprint density at radius 1 is 1.04 bits per heavy atom. The van der Waals surface area contributed by atoms with E-state index in [1.807, 2.05) is 41.3 Å². The maximum Gasteiger partial charge on any atom is 0.240 e. The van der Waals surface area contributed by atoms with E-state index in [1.165, 1.54) is 11.1 Å². The van der Waals surface area contributed by atoms with Gasteiger partial charge in [0.25, 0.3) is 0 Å². The molecule has 2 amide bonds. The molecular weight excluding hydrogens is 324 g/mol. The molecule has 1 fully saturated rings. The predicted molar refractivity (Wildman–Crippen MR) is 102 cm³/mol. The van der Waals surface area contributed by atoms with Crippen molar-refractivity contribution in [2.24, 2.45) is 5.41 Å². The zero-order valence-electron chi connectivity index (χ0n) is 15.1. The fourth-order valence-corrected chi connectivity index (χ4v) is 3.83. The zero-order valence-corrected chi connectivity index (χ0v) is 15.1. The van der Waals surface area contributed by atoms with E-state index in [1.54, 1.807) is 0 Å². The number of hydrogen-bond acceptors (Lipinski definition) is 2. The molecule has 0 unspecified atom stereocenters. The number of amides is 2. The summed E-state index contributed by atoms with van der Waals surface area (Å²) in [5.74, 6) is -0.166. The molecule has 1 aliphatic heterocycles. The van der Waals surface area contributed by atoms with E-state index in [2.05, 4.69) is 24.4 Å². The molecule has 2 aromatic carbocycles. The maximum absolute atomic E-state index is 13.1. The summed E-state index contributed by atoms with van der Waals surface area (Å²) in [6, 6.07) is 16.1. The Labute approximate surface area is 154 Å². The first-order valence-electron chi connectivity index (χ1n) is 9.39. The molecule has 1 aliphatic carbocycles. The van der Waals surface area contributed by atoms with Crippen LogP contribution in [-0.2, 0) is 29.0 Å². The first kappa shape index (κ1) is 16.8. The number of para-hydroxylation sites is 1. The number of fused-ring (bicyclic) bond motifs is 1. The Hall–Kier alpha value is -2.62. The van der Waals surface area contributed by atoms with E-state index in [-0.39, 0.29) is 11.8 Å². The molecule has 0 spiro atoms. The quantitative estimate of drug-likeness (QED) is 0.859. The van der Waals surface area contributed by atoms with Crippen LogP contribution < -0.4 is 5.32 Å². The molecule has 0 bridgehead atoms. The van der Waals surface area contributed by atoms with E-state index in [0.717, 1.165) is 24.1 Å². The van der Waals surface area contributed by atoms with Gasteiger partial charge in [0.15, 0.2) is 0 Å². The molecule has 2 aromatic rings. The predicted octanol–water partition coefficient (Wildman–Crippen LogP) is 3.55. The Morgan fingerprint density at radius 3 is 2.46 bits per heavy atom. The van der Waals surface area contributed by atoms with Gasteiger partial charge in [-0.2, -0.15) is 0 Å². The molecule has 4 heteroatoms. The first-order valence-corrected chi connectivity index (χ1v) is 9.39. The van der Waals surface area contributed by atoms with Crippen molar-refractivity contribution < 1.29 is 9.59 Å². The molecule has 4 rings (SSSR count). The van der Waals surface area contributed by atoms with Crippen molar-refractivity contribution >= 4 is 17.5 Å². The van der Waals surface area contributed by atoms with Crippen molar-refractivity contribution in [3.05, 3.63) is 65.2 Å². The molecule has 0 saturated heterocycles. The van der Waals surface area contributed by atoms with Gasteiger partial charge in [-0.25, -0.2) is 0 Å². The second kappa shape index (κ2) is 6.60. The van der Waals surface area contributed by atoms with Gasteiger partial charge >= 0.3 is 0 Å². The van der Waals surface area contributed by atoms with Gasteiger partial charge < -0.3 is 10.2 Å². The van der Waals surface area contributed by atoms with E-state index >= 15 is 0 Å². The summed E-state index contributed by atoms with van der Waals surface area (Å²) in [6.07, 6.45) is 2.99. The normalized spacial score (nSPS) is 17.3. The number of aryl methyl sites for hydroxylation is 1. The fourth-order valence-electron chi connectivity index (χ4n) is 3.83. The van der Waals surface area contributed by atoms with Crippen LogP contribution in [0.15, 0.2) is 48.5 Å². The van der Waals surface area contributed by atoms with Gasteiger partial charge in [0.05, 0.1) is 0 Å². The van der Waals surface area contributed by atoms with Crippen LogP contribution in [0.2, 0.25) is 0 Å². The Balaban J connectivity index is 1.50. The molecule has 0 aromatic heterocycles. The third-order valence-electron chi connectivity index (χ3n) is 5.66. The van der Waals surface area contributed by atoms with Crippen LogP contribution in [0.3, 0.4) is 0 Å². The number of benzene rings is 2. The summed E-state index contributed by atoms with van der Waals surface area (Å²) in [4.78, 5) is 27.9. The lowest BCUT2D eigenvalue weighted by Gasteiger charge is -2.31. The average Bonchev–Trinajstić information content (AvgIpc) is 3.49. The van der Waals surface area contributed by atoms with Crippen LogP contribution >= 0.6 is 0 Å². The van der Waals surface area contributed by atoms with Crippen molar-refractivity contribution in [2.75, 3.05) is 11.9 Å². The molecule has 1 heterocycles. The highest BCUT2D eigenvalue weighted by Crippen LogP contribution is 2.48. The minimum atomic E-state index is -0.868. The van der Waals surface area contributed by atoms with E-state index in [4.69, 9.17) is 0 Å². The summed E-state index contributed by atoms with van der Waals surface area (Å²) in [6.45, 7) is 3.36. The van der Waals surface area contributed by atoms with Crippen LogP contribution in [0.25, 0.3) is 0 Å². The molecule has 4 nitrogen and oxygen atoms in total. The number of anilines is 1. The van der Waals surface area contributed by atoms with Crippen molar-refractivity contribution in [2.45, 2.75) is 39.2 Å². The third kappa shape index (κ3) is 2.90. The minimum Gasteiger partial charge on any atom is -0.337 e.